The van der Waals surface area contributed by atoms with Gasteiger partial charge in [0.2, 0.25) is 0 Å². The Bertz CT molecular complexity index is 604. The summed E-state index contributed by atoms with van der Waals surface area (Å²) in [5.74, 6) is 1.61. The van der Waals surface area contributed by atoms with Crippen LogP contribution in [0.1, 0.15) is 40.4 Å². The van der Waals surface area contributed by atoms with Gasteiger partial charge in [-0.2, -0.15) is 0 Å². The van der Waals surface area contributed by atoms with E-state index in [1.165, 1.54) is 0 Å². The average Bonchev–Trinajstić information content (AvgIpc) is 2.68. The normalized spacial score (nSPS) is 12.2. The fourth-order valence-corrected chi connectivity index (χ4v) is 2.47. The van der Waals surface area contributed by atoms with E-state index in [4.69, 9.17) is 4.42 Å². The lowest BCUT2D eigenvalue weighted by Crippen LogP contribution is -2.26. The maximum atomic E-state index is 12.1. The van der Waals surface area contributed by atoms with E-state index in [9.17, 15) is 4.79 Å². The highest BCUT2D eigenvalue weighted by Crippen LogP contribution is 2.21. The third-order valence-electron chi connectivity index (χ3n) is 2.98. The minimum absolute atomic E-state index is 0.0797. The lowest BCUT2D eigenvalue weighted by atomic mass is 10.1. The van der Waals surface area contributed by atoms with Gasteiger partial charge in [-0.15, -0.1) is 0 Å². The monoisotopic (exact) mass is 321 g/mol. The number of rotatable bonds is 3. The summed E-state index contributed by atoms with van der Waals surface area (Å²) < 4.78 is 6.38. The SMILES string of the molecule is Cc1cc(C(C)NC(=O)c2cccc(Br)c2)c(C)o1. The molecule has 1 aromatic carbocycles. The summed E-state index contributed by atoms with van der Waals surface area (Å²) in [4.78, 5) is 12.1. The number of carbonyl (C=O) groups is 1. The van der Waals surface area contributed by atoms with Crippen LogP contribution >= 0.6 is 15.9 Å². The van der Waals surface area contributed by atoms with Crippen molar-refractivity contribution < 1.29 is 9.21 Å². The van der Waals surface area contributed by atoms with Crippen molar-refractivity contribution in [2.24, 2.45) is 0 Å². The molecule has 0 aliphatic rings. The van der Waals surface area contributed by atoms with E-state index in [0.717, 1.165) is 21.6 Å². The van der Waals surface area contributed by atoms with Gasteiger partial charge in [-0.1, -0.05) is 22.0 Å². The highest BCUT2D eigenvalue weighted by molar-refractivity contribution is 9.10. The number of hydrogen-bond acceptors (Lipinski definition) is 2. The smallest absolute Gasteiger partial charge is 0.251 e. The van der Waals surface area contributed by atoms with Crippen LogP contribution in [-0.2, 0) is 0 Å². The van der Waals surface area contributed by atoms with Crippen molar-refractivity contribution in [1.82, 2.24) is 5.32 Å². The Hall–Kier alpha value is -1.55. The molecule has 0 spiro atoms. The van der Waals surface area contributed by atoms with E-state index in [1.54, 1.807) is 12.1 Å². The highest BCUT2D eigenvalue weighted by atomic mass is 79.9. The van der Waals surface area contributed by atoms with Crippen LogP contribution in [-0.4, -0.2) is 5.91 Å². The number of nitrogens with one attached hydrogen (secondary N) is 1. The minimum Gasteiger partial charge on any atom is -0.466 e. The van der Waals surface area contributed by atoms with Crippen molar-refractivity contribution >= 4 is 21.8 Å². The van der Waals surface area contributed by atoms with E-state index in [2.05, 4.69) is 21.2 Å². The molecule has 0 aliphatic carbocycles. The quantitative estimate of drug-likeness (QED) is 0.922. The number of halogens is 1. The standard InChI is InChI=1S/C15H16BrNO2/c1-9-7-14(11(3)19-9)10(2)17-15(18)12-5-4-6-13(16)8-12/h4-8,10H,1-3H3,(H,17,18). The Morgan fingerprint density at radius 1 is 1.32 bits per heavy atom. The predicted molar refractivity (Wildman–Crippen MR) is 78.2 cm³/mol. The second kappa shape index (κ2) is 5.61. The summed E-state index contributed by atoms with van der Waals surface area (Å²) in [6.07, 6.45) is 0. The largest absolute Gasteiger partial charge is 0.466 e. The molecule has 4 heteroatoms. The molecular weight excluding hydrogens is 306 g/mol. The van der Waals surface area contributed by atoms with Gasteiger partial charge in [0.25, 0.3) is 5.91 Å². The first kappa shape index (κ1) is 13.9. The van der Waals surface area contributed by atoms with Crippen LogP contribution in [0.25, 0.3) is 0 Å². The summed E-state index contributed by atoms with van der Waals surface area (Å²) >= 11 is 3.36. The summed E-state index contributed by atoms with van der Waals surface area (Å²) in [7, 11) is 0. The van der Waals surface area contributed by atoms with Crippen molar-refractivity contribution in [3.63, 3.8) is 0 Å². The first-order valence-electron chi connectivity index (χ1n) is 6.10. The molecule has 1 unspecified atom stereocenters. The number of amides is 1. The molecule has 2 aromatic rings. The number of furan rings is 1. The molecule has 1 aromatic heterocycles. The third-order valence-corrected chi connectivity index (χ3v) is 3.47. The van der Waals surface area contributed by atoms with Crippen LogP contribution in [0.5, 0.6) is 0 Å². The molecular formula is C15H16BrNO2. The van der Waals surface area contributed by atoms with Gasteiger partial charge < -0.3 is 9.73 Å². The first-order valence-corrected chi connectivity index (χ1v) is 6.90. The molecule has 0 aliphatic heterocycles. The van der Waals surface area contributed by atoms with Crippen LogP contribution < -0.4 is 5.32 Å². The Morgan fingerprint density at radius 3 is 2.63 bits per heavy atom. The molecule has 0 fully saturated rings. The fraction of sp³-hybridized carbons (Fsp3) is 0.267. The van der Waals surface area contributed by atoms with Crippen molar-refractivity contribution in [3.05, 3.63) is 57.5 Å². The second-order valence-corrected chi connectivity index (χ2v) is 5.49. The molecule has 0 bridgehead atoms. The van der Waals surface area contributed by atoms with Gasteiger partial charge >= 0.3 is 0 Å². The van der Waals surface area contributed by atoms with Gasteiger partial charge in [-0.25, -0.2) is 0 Å². The molecule has 0 saturated heterocycles. The summed E-state index contributed by atoms with van der Waals surface area (Å²) in [6.45, 7) is 5.76. The lowest BCUT2D eigenvalue weighted by Gasteiger charge is -2.13. The number of hydrogen-bond donors (Lipinski definition) is 1. The van der Waals surface area contributed by atoms with E-state index in [0.29, 0.717) is 5.56 Å². The average molecular weight is 322 g/mol. The molecule has 1 heterocycles. The van der Waals surface area contributed by atoms with Crippen LogP contribution in [0.15, 0.2) is 39.2 Å². The summed E-state index contributed by atoms with van der Waals surface area (Å²) in [6, 6.07) is 9.21. The number of benzene rings is 1. The topological polar surface area (TPSA) is 42.2 Å². The molecule has 2 rings (SSSR count). The molecule has 0 saturated carbocycles. The second-order valence-electron chi connectivity index (χ2n) is 4.57. The Balaban J connectivity index is 2.13. The highest BCUT2D eigenvalue weighted by Gasteiger charge is 2.16. The van der Waals surface area contributed by atoms with Gasteiger partial charge in [-0.05, 0) is 45.0 Å². The van der Waals surface area contributed by atoms with Crippen LogP contribution in [0.3, 0.4) is 0 Å². The van der Waals surface area contributed by atoms with Gasteiger partial charge in [0, 0.05) is 15.6 Å². The Kier molecular flexibility index (Phi) is 4.10. The van der Waals surface area contributed by atoms with Crippen molar-refractivity contribution in [1.29, 1.82) is 0 Å². The van der Waals surface area contributed by atoms with E-state index < -0.39 is 0 Å². The Labute approximate surface area is 121 Å². The van der Waals surface area contributed by atoms with Crippen molar-refractivity contribution in [2.45, 2.75) is 26.8 Å². The zero-order chi connectivity index (χ0) is 14.0. The minimum atomic E-state index is -0.0907. The zero-order valence-electron chi connectivity index (χ0n) is 11.2. The van der Waals surface area contributed by atoms with Crippen LogP contribution in [0, 0.1) is 13.8 Å². The van der Waals surface area contributed by atoms with E-state index >= 15 is 0 Å². The molecule has 3 nitrogen and oxygen atoms in total. The first-order chi connectivity index (χ1) is 8.97. The predicted octanol–water partition coefficient (Wildman–Crippen LogP) is 4.15. The van der Waals surface area contributed by atoms with E-state index in [-0.39, 0.29) is 11.9 Å². The van der Waals surface area contributed by atoms with Crippen molar-refractivity contribution in [3.8, 4) is 0 Å². The third kappa shape index (κ3) is 3.26. The molecule has 100 valence electrons. The molecule has 1 atom stereocenters. The Morgan fingerprint density at radius 2 is 2.05 bits per heavy atom. The molecule has 1 amide bonds. The zero-order valence-corrected chi connectivity index (χ0v) is 12.7. The molecule has 1 N–H and O–H groups in total. The lowest BCUT2D eigenvalue weighted by molar-refractivity contribution is 0.0939. The number of carbonyl (C=O) groups excluding carboxylic acids is 1. The maximum absolute atomic E-state index is 12.1. The number of aryl methyl sites for hydroxylation is 2. The van der Waals surface area contributed by atoms with Gasteiger partial charge in [0.15, 0.2) is 0 Å². The fourth-order valence-electron chi connectivity index (χ4n) is 2.07. The maximum Gasteiger partial charge on any atom is 0.251 e. The van der Waals surface area contributed by atoms with Crippen LogP contribution in [0.4, 0.5) is 0 Å². The van der Waals surface area contributed by atoms with Gasteiger partial charge in [0.1, 0.15) is 11.5 Å². The summed E-state index contributed by atoms with van der Waals surface area (Å²) in [5.41, 5.74) is 1.65. The van der Waals surface area contributed by atoms with Crippen molar-refractivity contribution in [2.75, 3.05) is 0 Å². The molecule has 19 heavy (non-hydrogen) atoms. The van der Waals surface area contributed by atoms with E-state index in [1.807, 2.05) is 39.0 Å². The summed E-state index contributed by atoms with van der Waals surface area (Å²) in [5, 5.41) is 2.97. The van der Waals surface area contributed by atoms with Gasteiger partial charge in [-0.3, -0.25) is 4.79 Å². The van der Waals surface area contributed by atoms with Gasteiger partial charge in [0.05, 0.1) is 6.04 Å². The van der Waals surface area contributed by atoms with Crippen LogP contribution in [0.2, 0.25) is 0 Å². The molecule has 0 radical (unpaired) electrons.